The average molecular weight is 673 g/mol. The van der Waals surface area contributed by atoms with E-state index < -0.39 is 12.0 Å². The summed E-state index contributed by atoms with van der Waals surface area (Å²) in [5, 5.41) is 0. The number of benzene rings is 2. The van der Waals surface area contributed by atoms with Gasteiger partial charge in [-0.05, 0) is 77.4 Å². The van der Waals surface area contributed by atoms with Crippen LogP contribution in [0.4, 0.5) is 0 Å². The van der Waals surface area contributed by atoms with Crippen molar-refractivity contribution in [3.05, 3.63) is 82.1 Å². The molecule has 1 aromatic heterocycles. The van der Waals surface area contributed by atoms with Gasteiger partial charge in [0.2, 0.25) is 0 Å². The highest BCUT2D eigenvalue weighted by Gasteiger charge is 2.34. The molecule has 0 amide bonds. The number of nitrogens with zero attached hydrogens (tertiary/aromatic N) is 2. The Kier molecular flexibility index (Phi) is 9.71. The summed E-state index contributed by atoms with van der Waals surface area (Å²) in [6.45, 7) is 4.09. The Morgan fingerprint density at radius 3 is 2.70 bits per heavy atom. The molecule has 1 atom stereocenters. The van der Waals surface area contributed by atoms with Crippen LogP contribution in [0.1, 0.15) is 43.9 Å². The minimum Gasteiger partial charge on any atom is -0.497 e. The second kappa shape index (κ2) is 13.2. The molecule has 208 valence electrons. The van der Waals surface area contributed by atoms with Gasteiger partial charge in [0.1, 0.15) is 12.4 Å². The van der Waals surface area contributed by atoms with Crippen LogP contribution in [-0.4, -0.2) is 38.0 Å². The number of halogens is 1. The lowest BCUT2D eigenvalue weighted by molar-refractivity contribution is -0.139. The number of ether oxygens (including phenoxy) is 4. The van der Waals surface area contributed by atoms with Crippen molar-refractivity contribution in [2.75, 3.05) is 27.4 Å². The van der Waals surface area contributed by atoms with Crippen LogP contribution < -0.4 is 29.1 Å². The molecule has 0 unspecified atom stereocenters. The molecule has 0 saturated heterocycles. The van der Waals surface area contributed by atoms with E-state index in [0.29, 0.717) is 44.3 Å². The van der Waals surface area contributed by atoms with Gasteiger partial charge in [-0.3, -0.25) is 9.36 Å². The molecule has 10 heteroatoms. The van der Waals surface area contributed by atoms with Crippen LogP contribution in [0.15, 0.2) is 57.5 Å². The molecule has 8 nitrogen and oxygen atoms in total. The number of terminal acetylenes is 1. The lowest BCUT2D eigenvalue weighted by Crippen LogP contribution is -2.40. The molecule has 0 aliphatic carbocycles. The maximum atomic E-state index is 14.0. The molecule has 3 aromatic rings. The number of carbonyl (C=O) groups is 1. The van der Waals surface area contributed by atoms with Crippen molar-refractivity contribution in [1.29, 1.82) is 0 Å². The molecule has 40 heavy (non-hydrogen) atoms. The normalized spacial score (nSPS) is 14.7. The van der Waals surface area contributed by atoms with Crippen molar-refractivity contribution in [3.8, 4) is 29.6 Å². The van der Waals surface area contributed by atoms with Gasteiger partial charge in [0.15, 0.2) is 16.3 Å². The van der Waals surface area contributed by atoms with Crippen LogP contribution >= 0.6 is 33.9 Å². The second-order valence-corrected chi connectivity index (χ2v) is 10.9. The molecule has 0 radical (unpaired) electrons. The van der Waals surface area contributed by atoms with E-state index in [1.807, 2.05) is 37.3 Å². The SMILES string of the molecule is C#CCOc1c(I)cc(/C=c2\sc3n(c2=O)[C@@H](c2cccc(OC)c2)C(C(=O)OCC)=C(CCC)N=3)cc1OC. The van der Waals surface area contributed by atoms with E-state index in [-0.39, 0.29) is 18.8 Å². The third-order valence-corrected chi connectivity index (χ3v) is 7.94. The first kappa shape index (κ1) is 29.4. The van der Waals surface area contributed by atoms with Crippen molar-refractivity contribution < 1.29 is 23.7 Å². The number of allylic oxidation sites excluding steroid dienone is 1. The summed E-state index contributed by atoms with van der Waals surface area (Å²) in [6, 6.07) is 10.3. The Morgan fingerprint density at radius 2 is 2.02 bits per heavy atom. The summed E-state index contributed by atoms with van der Waals surface area (Å²) >= 11 is 3.42. The molecule has 0 fully saturated rings. The Hall–Kier alpha value is -3.56. The minimum absolute atomic E-state index is 0.109. The number of hydrogen-bond donors (Lipinski definition) is 0. The van der Waals surface area contributed by atoms with E-state index in [2.05, 4.69) is 28.5 Å². The predicted molar refractivity (Wildman–Crippen MR) is 163 cm³/mol. The molecule has 2 aromatic carbocycles. The molecule has 0 spiro atoms. The largest absolute Gasteiger partial charge is 0.497 e. The van der Waals surface area contributed by atoms with Crippen molar-refractivity contribution in [3.63, 3.8) is 0 Å². The quantitative estimate of drug-likeness (QED) is 0.182. The summed E-state index contributed by atoms with van der Waals surface area (Å²) in [4.78, 5) is 32.6. The van der Waals surface area contributed by atoms with Crippen LogP contribution in [0, 0.1) is 15.9 Å². The van der Waals surface area contributed by atoms with Crippen LogP contribution in [0.3, 0.4) is 0 Å². The molecule has 1 aliphatic heterocycles. The van der Waals surface area contributed by atoms with Gasteiger partial charge in [-0.2, -0.15) is 0 Å². The zero-order valence-corrected chi connectivity index (χ0v) is 25.6. The molecule has 0 bridgehead atoms. The van der Waals surface area contributed by atoms with Gasteiger partial charge in [-0.1, -0.05) is 42.7 Å². The predicted octanol–water partition coefficient (Wildman–Crippen LogP) is 4.21. The number of methoxy groups -OCH3 is 2. The minimum atomic E-state index is -0.719. The first-order chi connectivity index (χ1) is 19.4. The number of aromatic nitrogens is 1. The lowest BCUT2D eigenvalue weighted by Gasteiger charge is -2.26. The first-order valence-corrected chi connectivity index (χ1v) is 14.6. The van der Waals surface area contributed by atoms with Gasteiger partial charge in [-0.15, -0.1) is 6.42 Å². The number of hydrogen-bond acceptors (Lipinski definition) is 8. The van der Waals surface area contributed by atoms with Crippen LogP contribution in [0.2, 0.25) is 0 Å². The third kappa shape index (κ3) is 5.95. The highest BCUT2D eigenvalue weighted by Crippen LogP contribution is 2.35. The van der Waals surface area contributed by atoms with Gasteiger partial charge in [0.25, 0.3) is 5.56 Å². The van der Waals surface area contributed by atoms with Gasteiger partial charge in [0.05, 0.1) is 46.2 Å². The third-order valence-electron chi connectivity index (χ3n) is 6.15. The second-order valence-electron chi connectivity index (χ2n) is 8.72. The van der Waals surface area contributed by atoms with Crippen LogP contribution in [-0.2, 0) is 9.53 Å². The Labute approximate surface area is 250 Å². The molecule has 0 saturated carbocycles. The zero-order valence-electron chi connectivity index (χ0n) is 22.7. The Balaban J connectivity index is 1.96. The number of carbonyl (C=O) groups excluding carboxylic acids is 1. The van der Waals surface area contributed by atoms with Crippen molar-refractivity contribution in [2.24, 2.45) is 4.99 Å². The zero-order chi connectivity index (χ0) is 28.8. The van der Waals surface area contributed by atoms with Crippen molar-refractivity contribution in [1.82, 2.24) is 4.57 Å². The highest BCUT2D eigenvalue weighted by atomic mass is 127. The van der Waals surface area contributed by atoms with E-state index in [1.54, 1.807) is 37.9 Å². The standard InChI is InChI=1S/C30H29IN2O6S/c1-6-10-22-25(29(35)38-8-3)26(19-11-9-12-20(17-19)36-4)33-28(34)24(40-30(33)32-22)16-18-14-21(31)27(39-13-7-2)23(15-18)37-5/h2,9,11-12,14-17,26H,6,8,10,13H2,1,3-5H3/b24-16-/t26-/m0/s1. The number of esters is 1. The molecule has 0 N–H and O–H groups in total. The summed E-state index contributed by atoms with van der Waals surface area (Å²) in [6.07, 6.45) is 8.47. The summed E-state index contributed by atoms with van der Waals surface area (Å²) in [5.74, 6) is 3.63. The van der Waals surface area contributed by atoms with E-state index in [0.717, 1.165) is 21.1 Å². The molecule has 4 rings (SSSR count). The van der Waals surface area contributed by atoms with Gasteiger partial charge in [0, 0.05) is 0 Å². The maximum Gasteiger partial charge on any atom is 0.338 e. The van der Waals surface area contributed by atoms with Crippen LogP contribution in [0.5, 0.6) is 17.2 Å². The Bertz CT molecular complexity index is 1680. The fourth-order valence-electron chi connectivity index (χ4n) is 4.48. The topological polar surface area (TPSA) is 88.4 Å². The van der Waals surface area contributed by atoms with Crippen LogP contribution in [0.25, 0.3) is 6.08 Å². The number of fused-ring (bicyclic) bond motifs is 1. The molecule has 2 heterocycles. The smallest absolute Gasteiger partial charge is 0.338 e. The maximum absolute atomic E-state index is 14.0. The van der Waals surface area contributed by atoms with E-state index >= 15 is 0 Å². The summed E-state index contributed by atoms with van der Waals surface area (Å²) in [7, 11) is 3.12. The fourth-order valence-corrected chi connectivity index (χ4v) is 6.28. The van der Waals surface area contributed by atoms with Gasteiger partial charge in [-0.25, -0.2) is 9.79 Å². The summed E-state index contributed by atoms with van der Waals surface area (Å²) < 4.78 is 24.9. The average Bonchev–Trinajstić information content (AvgIpc) is 3.25. The first-order valence-electron chi connectivity index (χ1n) is 12.7. The number of thiazole rings is 1. The monoisotopic (exact) mass is 672 g/mol. The molecular weight excluding hydrogens is 643 g/mol. The van der Waals surface area contributed by atoms with Crippen molar-refractivity contribution >= 4 is 46.0 Å². The highest BCUT2D eigenvalue weighted by molar-refractivity contribution is 14.1. The van der Waals surface area contributed by atoms with E-state index in [9.17, 15) is 9.59 Å². The molecular formula is C30H29IN2O6S. The Morgan fingerprint density at radius 1 is 1.23 bits per heavy atom. The summed E-state index contributed by atoms with van der Waals surface area (Å²) in [5.41, 5.74) is 2.19. The fraction of sp³-hybridized carbons (Fsp3) is 0.300. The van der Waals surface area contributed by atoms with Gasteiger partial charge < -0.3 is 18.9 Å². The molecule has 1 aliphatic rings. The van der Waals surface area contributed by atoms with E-state index in [1.165, 1.54) is 11.3 Å². The number of rotatable bonds is 10. The van der Waals surface area contributed by atoms with Crippen molar-refractivity contribution in [2.45, 2.75) is 32.7 Å². The lowest BCUT2D eigenvalue weighted by atomic mass is 9.94. The van der Waals surface area contributed by atoms with Gasteiger partial charge >= 0.3 is 5.97 Å². The van der Waals surface area contributed by atoms with E-state index in [4.69, 9.17) is 30.4 Å².